The molecule has 1 saturated carbocycles. The molecule has 5 nitrogen and oxygen atoms in total. The number of aromatic nitrogens is 2. The predicted molar refractivity (Wildman–Crippen MR) is 118 cm³/mol. The molecule has 150 valence electrons. The Labute approximate surface area is 178 Å². The summed E-state index contributed by atoms with van der Waals surface area (Å²) in [7, 11) is 1.84. The van der Waals surface area contributed by atoms with Gasteiger partial charge in [0.05, 0.1) is 22.3 Å². The minimum atomic E-state index is -0.168. The van der Waals surface area contributed by atoms with Gasteiger partial charge in [-0.2, -0.15) is 0 Å². The minimum Gasteiger partial charge on any atom is -0.345 e. The minimum absolute atomic E-state index is 0.0399. The molecule has 0 N–H and O–H groups in total. The highest BCUT2D eigenvalue weighted by atomic mass is 35.5. The summed E-state index contributed by atoms with van der Waals surface area (Å²) in [5.41, 5.74) is 2.15. The number of hydrogen-bond acceptors (Lipinski definition) is 4. The van der Waals surface area contributed by atoms with Gasteiger partial charge >= 0.3 is 0 Å². The maximum atomic E-state index is 13.3. The first-order valence-corrected chi connectivity index (χ1v) is 10.9. The van der Waals surface area contributed by atoms with Crippen molar-refractivity contribution in [3.8, 4) is 5.69 Å². The second kappa shape index (κ2) is 8.20. The standard InChI is InChI=1S/C22H22ClN3O2S/c1-14-4-3-5-17(10-14)26-21(28)18-9-8-16(23)11-19(18)24-22(26)29-13-20(27)25(2)12-15-6-7-15/h3-5,8-11,15H,6-7,12-13H2,1-2H3. The Kier molecular flexibility index (Phi) is 5.65. The Hall–Kier alpha value is -2.31. The fourth-order valence-corrected chi connectivity index (χ4v) is 4.38. The van der Waals surface area contributed by atoms with Gasteiger partial charge in [-0.1, -0.05) is 35.5 Å². The van der Waals surface area contributed by atoms with Crippen molar-refractivity contribution in [2.75, 3.05) is 19.3 Å². The number of benzene rings is 2. The van der Waals surface area contributed by atoms with Crippen LogP contribution in [0.4, 0.5) is 0 Å². The van der Waals surface area contributed by atoms with Gasteiger partial charge in [0.1, 0.15) is 0 Å². The van der Waals surface area contributed by atoms with Crippen molar-refractivity contribution in [2.24, 2.45) is 5.92 Å². The molecule has 1 fully saturated rings. The highest BCUT2D eigenvalue weighted by molar-refractivity contribution is 7.99. The molecule has 1 heterocycles. The summed E-state index contributed by atoms with van der Waals surface area (Å²) >= 11 is 7.39. The van der Waals surface area contributed by atoms with Gasteiger partial charge in [0.15, 0.2) is 5.16 Å². The highest BCUT2D eigenvalue weighted by Crippen LogP contribution is 2.30. The normalized spacial score (nSPS) is 13.6. The maximum absolute atomic E-state index is 13.3. The number of halogens is 1. The lowest BCUT2D eigenvalue weighted by Gasteiger charge is -2.17. The third-order valence-electron chi connectivity index (χ3n) is 5.04. The summed E-state index contributed by atoms with van der Waals surface area (Å²) < 4.78 is 1.59. The van der Waals surface area contributed by atoms with Crippen molar-refractivity contribution < 1.29 is 4.79 Å². The number of thioether (sulfide) groups is 1. The summed E-state index contributed by atoms with van der Waals surface area (Å²) in [5, 5.41) is 1.51. The van der Waals surface area contributed by atoms with Gasteiger partial charge in [0.2, 0.25) is 5.91 Å². The van der Waals surface area contributed by atoms with E-state index >= 15 is 0 Å². The first kappa shape index (κ1) is 20.0. The van der Waals surface area contributed by atoms with Crippen LogP contribution in [0.3, 0.4) is 0 Å². The third-order valence-corrected chi connectivity index (χ3v) is 6.20. The Morgan fingerprint density at radius 2 is 2.07 bits per heavy atom. The van der Waals surface area contributed by atoms with Gasteiger partial charge in [-0.15, -0.1) is 0 Å². The fourth-order valence-electron chi connectivity index (χ4n) is 3.26. The molecule has 1 aliphatic carbocycles. The molecule has 0 unspecified atom stereocenters. The van der Waals surface area contributed by atoms with Gasteiger partial charge in [0.25, 0.3) is 5.56 Å². The molecule has 1 aliphatic rings. The largest absolute Gasteiger partial charge is 0.345 e. The first-order chi connectivity index (χ1) is 13.9. The lowest BCUT2D eigenvalue weighted by Crippen LogP contribution is -2.30. The summed E-state index contributed by atoms with van der Waals surface area (Å²) in [6.07, 6.45) is 2.40. The molecule has 0 aliphatic heterocycles. The van der Waals surface area contributed by atoms with Crippen LogP contribution in [0.25, 0.3) is 16.6 Å². The maximum Gasteiger partial charge on any atom is 0.266 e. The van der Waals surface area contributed by atoms with Crippen LogP contribution in [0.15, 0.2) is 52.4 Å². The number of fused-ring (bicyclic) bond motifs is 1. The Bertz CT molecular complexity index is 1140. The van der Waals surface area contributed by atoms with Crippen molar-refractivity contribution in [1.29, 1.82) is 0 Å². The van der Waals surface area contributed by atoms with E-state index in [1.807, 2.05) is 38.2 Å². The zero-order chi connectivity index (χ0) is 20.5. The highest BCUT2D eigenvalue weighted by Gasteiger charge is 2.25. The molecular formula is C22H22ClN3O2S. The van der Waals surface area contributed by atoms with Crippen molar-refractivity contribution in [3.63, 3.8) is 0 Å². The molecule has 3 aromatic rings. The van der Waals surface area contributed by atoms with Crippen LogP contribution in [0.2, 0.25) is 5.02 Å². The van der Waals surface area contributed by atoms with Crippen molar-refractivity contribution >= 4 is 40.2 Å². The Balaban J connectivity index is 1.73. The van der Waals surface area contributed by atoms with Gasteiger partial charge in [-0.05, 0) is 61.6 Å². The van der Waals surface area contributed by atoms with E-state index in [1.165, 1.54) is 24.6 Å². The van der Waals surface area contributed by atoms with Gasteiger partial charge in [-0.25, -0.2) is 4.98 Å². The number of rotatable bonds is 6. The second-order valence-electron chi connectivity index (χ2n) is 7.54. The monoisotopic (exact) mass is 427 g/mol. The van der Waals surface area contributed by atoms with E-state index in [0.717, 1.165) is 17.8 Å². The molecule has 0 saturated heterocycles. The zero-order valence-corrected chi connectivity index (χ0v) is 18.0. The van der Waals surface area contributed by atoms with Crippen LogP contribution in [-0.2, 0) is 4.79 Å². The average Bonchev–Trinajstić information content (AvgIpc) is 3.49. The molecule has 7 heteroatoms. The first-order valence-electron chi connectivity index (χ1n) is 9.58. The number of aryl methyl sites for hydroxylation is 1. The molecule has 4 rings (SSSR count). The SMILES string of the molecule is Cc1cccc(-n2c(SCC(=O)N(C)CC3CC3)nc3cc(Cl)ccc3c2=O)c1. The lowest BCUT2D eigenvalue weighted by molar-refractivity contribution is -0.127. The Morgan fingerprint density at radius 3 is 2.79 bits per heavy atom. The number of hydrogen-bond donors (Lipinski definition) is 0. The quantitative estimate of drug-likeness (QED) is 0.434. The van der Waals surface area contributed by atoms with Crippen molar-refractivity contribution in [1.82, 2.24) is 14.5 Å². The molecule has 1 amide bonds. The van der Waals surface area contributed by atoms with E-state index in [2.05, 4.69) is 4.98 Å². The molecule has 29 heavy (non-hydrogen) atoms. The van der Waals surface area contributed by atoms with Crippen LogP contribution < -0.4 is 5.56 Å². The zero-order valence-electron chi connectivity index (χ0n) is 16.4. The number of carbonyl (C=O) groups is 1. The van der Waals surface area contributed by atoms with Crippen molar-refractivity contribution in [2.45, 2.75) is 24.9 Å². The lowest BCUT2D eigenvalue weighted by atomic mass is 10.2. The molecule has 0 atom stereocenters. The Morgan fingerprint density at radius 1 is 1.28 bits per heavy atom. The predicted octanol–water partition coefficient (Wildman–Crippen LogP) is 4.31. The molecule has 0 spiro atoms. The van der Waals surface area contributed by atoms with E-state index in [0.29, 0.717) is 27.0 Å². The van der Waals surface area contributed by atoms with Gasteiger partial charge in [-0.3, -0.25) is 14.2 Å². The molecule has 0 radical (unpaired) electrons. The van der Waals surface area contributed by atoms with Gasteiger partial charge in [0, 0.05) is 18.6 Å². The summed E-state index contributed by atoms with van der Waals surface area (Å²) in [5.74, 6) is 0.909. The van der Waals surface area contributed by atoms with Crippen LogP contribution in [0.5, 0.6) is 0 Å². The van der Waals surface area contributed by atoms with E-state index in [-0.39, 0.29) is 17.2 Å². The van der Waals surface area contributed by atoms with Crippen LogP contribution in [0.1, 0.15) is 18.4 Å². The third kappa shape index (κ3) is 4.49. The molecule has 0 bridgehead atoms. The molecule has 1 aromatic heterocycles. The van der Waals surface area contributed by atoms with E-state index in [4.69, 9.17) is 11.6 Å². The number of amides is 1. The summed E-state index contributed by atoms with van der Waals surface area (Å²) in [6.45, 7) is 2.77. The number of carbonyl (C=O) groups excluding carboxylic acids is 1. The smallest absolute Gasteiger partial charge is 0.266 e. The van der Waals surface area contributed by atoms with E-state index < -0.39 is 0 Å². The average molecular weight is 428 g/mol. The van der Waals surface area contributed by atoms with E-state index in [1.54, 1.807) is 27.7 Å². The van der Waals surface area contributed by atoms with Crippen LogP contribution in [0, 0.1) is 12.8 Å². The second-order valence-corrected chi connectivity index (χ2v) is 8.92. The van der Waals surface area contributed by atoms with Crippen molar-refractivity contribution in [3.05, 3.63) is 63.4 Å². The molecule has 2 aromatic carbocycles. The fraction of sp³-hybridized carbons (Fsp3) is 0.318. The topological polar surface area (TPSA) is 55.2 Å². The summed E-state index contributed by atoms with van der Waals surface area (Å²) in [4.78, 5) is 32.3. The van der Waals surface area contributed by atoms with E-state index in [9.17, 15) is 9.59 Å². The molecular weight excluding hydrogens is 406 g/mol. The van der Waals surface area contributed by atoms with Crippen LogP contribution in [-0.4, -0.2) is 39.7 Å². The summed E-state index contributed by atoms with van der Waals surface area (Å²) in [6, 6.07) is 12.8. The number of nitrogens with zero attached hydrogens (tertiary/aromatic N) is 3. The van der Waals surface area contributed by atoms with Crippen LogP contribution >= 0.6 is 23.4 Å². The van der Waals surface area contributed by atoms with Gasteiger partial charge < -0.3 is 4.90 Å².